The molecule has 2 heterocycles. The molecule has 1 aromatic carbocycles. The molecule has 8 heteroatoms. The van der Waals surface area contributed by atoms with Gasteiger partial charge in [-0.1, -0.05) is 29.8 Å². The summed E-state index contributed by atoms with van der Waals surface area (Å²) in [6.45, 7) is 0.133. The van der Waals surface area contributed by atoms with E-state index in [1.54, 1.807) is 12.1 Å². The number of hydrogen-bond donors (Lipinski definition) is 1. The third kappa shape index (κ3) is 4.20. The van der Waals surface area contributed by atoms with E-state index < -0.39 is 5.97 Å². The van der Waals surface area contributed by atoms with Crippen molar-refractivity contribution in [1.82, 2.24) is 15.0 Å². The lowest BCUT2D eigenvalue weighted by Crippen LogP contribution is -2.10. The molecule has 25 heavy (non-hydrogen) atoms. The Morgan fingerprint density at radius 2 is 2.04 bits per heavy atom. The van der Waals surface area contributed by atoms with Gasteiger partial charge < -0.3 is 14.8 Å². The van der Waals surface area contributed by atoms with Gasteiger partial charge in [0.2, 0.25) is 0 Å². The summed E-state index contributed by atoms with van der Waals surface area (Å²) in [7, 11) is 1.32. The molecule has 3 aromatic rings. The molecule has 7 nitrogen and oxygen atoms in total. The molecule has 0 bridgehead atoms. The Labute approximate surface area is 149 Å². The summed E-state index contributed by atoms with van der Waals surface area (Å²) in [6, 6.07) is 11.0. The molecule has 0 saturated heterocycles. The Bertz CT molecular complexity index is 904. The predicted molar refractivity (Wildman–Crippen MR) is 93.7 cm³/mol. The van der Waals surface area contributed by atoms with Crippen molar-refractivity contribution in [2.45, 2.75) is 6.61 Å². The standard InChI is InChI=1S/C17H15ClN4O3/c1-24-15(23)9-25-8-11-4-2-3-5-12(11)21-17-16-13(19-10-20-17)6-7-14(18)22-16/h2-7,10H,8-9H2,1H3,(H,19,20,21). The average Bonchev–Trinajstić information content (AvgIpc) is 2.63. The van der Waals surface area contributed by atoms with Crippen molar-refractivity contribution in [2.75, 3.05) is 19.0 Å². The van der Waals surface area contributed by atoms with Crippen molar-refractivity contribution >= 4 is 40.1 Å². The number of pyridine rings is 1. The van der Waals surface area contributed by atoms with E-state index in [1.165, 1.54) is 13.4 Å². The molecule has 3 rings (SSSR count). The number of hydrogen-bond acceptors (Lipinski definition) is 7. The summed E-state index contributed by atoms with van der Waals surface area (Å²) in [6.07, 6.45) is 1.45. The van der Waals surface area contributed by atoms with Gasteiger partial charge in [0.25, 0.3) is 0 Å². The number of nitrogens with zero attached hydrogens (tertiary/aromatic N) is 3. The van der Waals surface area contributed by atoms with Crippen LogP contribution in [-0.4, -0.2) is 34.6 Å². The molecule has 128 valence electrons. The summed E-state index contributed by atoms with van der Waals surface area (Å²) in [5.74, 6) is 0.110. The van der Waals surface area contributed by atoms with Crippen LogP contribution in [0.25, 0.3) is 11.0 Å². The second-order valence-electron chi connectivity index (χ2n) is 5.08. The van der Waals surface area contributed by atoms with Crippen molar-refractivity contribution in [3.05, 3.63) is 53.4 Å². The van der Waals surface area contributed by atoms with Gasteiger partial charge in [0.05, 0.1) is 19.2 Å². The SMILES string of the molecule is COC(=O)COCc1ccccc1Nc1ncnc2ccc(Cl)nc12. The number of halogens is 1. The normalized spacial score (nSPS) is 10.6. The lowest BCUT2D eigenvalue weighted by Gasteiger charge is -2.12. The highest BCUT2D eigenvalue weighted by molar-refractivity contribution is 6.29. The van der Waals surface area contributed by atoms with Crippen molar-refractivity contribution < 1.29 is 14.3 Å². The number of benzene rings is 1. The number of aromatic nitrogens is 3. The van der Waals surface area contributed by atoms with Crippen LogP contribution in [0.15, 0.2) is 42.7 Å². The molecule has 0 aliphatic heterocycles. The van der Waals surface area contributed by atoms with Gasteiger partial charge >= 0.3 is 5.97 Å². The third-order valence-corrected chi connectivity index (χ3v) is 3.63. The van der Waals surface area contributed by atoms with E-state index in [2.05, 4.69) is 25.0 Å². The van der Waals surface area contributed by atoms with Crippen LogP contribution in [0.5, 0.6) is 0 Å². The molecule has 0 spiro atoms. The number of esters is 1. The van der Waals surface area contributed by atoms with E-state index in [9.17, 15) is 4.79 Å². The maximum atomic E-state index is 11.2. The summed E-state index contributed by atoms with van der Waals surface area (Å²) in [5, 5.41) is 3.59. The highest BCUT2D eigenvalue weighted by Gasteiger charge is 2.09. The van der Waals surface area contributed by atoms with E-state index in [-0.39, 0.29) is 13.2 Å². The van der Waals surface area contributed by atoms with E-state index in [0.29, 0.717) is 22.0 Å². The number of para-hydroxylation sites is 1. The Hall–Kier alpha value is -2.77. The molecule has 0 amide bonds. The number of rotatable bonds is 6. The van der Waals surface area contributed by atoms with Crippen LogP contribution in [0.2, 0.25) is 5.15 Å². The highest BCUT2D eigenvalue weighted by atomic mass is 35.5. The number of fused-ring (bicyclic) bond motifs is 1. The summed E-state index contributed by atoms with van der Waals surface area (Å²) >= 11 is 5.98. The first-order chi connectivity index (χ1) is 12.2. The minimum absolute atomic E-state index is 0.113. The molecule has 0 fully saturated rings. The van der Waals surface area contributed by atoms with Gasteiger partial charge in [0.1, 0.15) is 23.6 Å². The highest BCUT2D eigenvalue weighted by Crippen LogP contribution is 2.25. The zero-order valence-electron chi connectivity index (χ0n) is 13.4. The molecule has 2 aromatic heterocycles. The lowest BCUT2D eigenvalue weighted by atomic mass is 10.2. The van der Waals surface area contributed by atoms with Gasteiger partial charge in [0.15, 0.2) is 5.82 Å². The Balaban J connectivity index is 1.84. The van der Waals surface area contributed by atoms with Crippen molar-refractivity contribution in [3.63, 3.8) is 0 Å². The molecule has 0 aliphatic rings. The van der Waals surface area contributed by atoms with Crippen LogP contribution in [0.3, 0.4) is 0 Å². The Morgan fingerprint density at radius 1 is 1.20 bits per heavy atom. The first kappa shape index (κ1) is 17.1. The molecule has 0 aliphatic carbocycles. The third-order valence-electron chi connectivity index (χ3n) is 3.42. The number of carbonyl (C=O) groups is 1. The van der Waals surface area contributed by atoms with Crippen LogP contribution < -0.4 is 5.32 Å². The molecular formula is C17H15ClN4O3. The Morgan fingerprint density at radius 3 is 2.88 bits per heavy atom. The number of methoxy groups -OCH3 is 1. The second-order valence-corrected chi connectivity index (χ2v) is 5.46. The molecule has 1 N–H and O–H groups in total. The maximum absolute atomic E-state index is 11.2. The number of carbonyl (C=O) groups excluding carboxylic acids is 1. The van der Waals surface area contributed by atoms with Crippen LogP contribution in [0, 0.1) is 0 Å². The summed E-state index contributed by atoms with van der Waals surface area (Å²) in [5.41, 5.74) is 2.90. The first-order valence-corrected chi connectivity index (χ1v) is 7.82. The zero-order chi connectivity index (χ0) is 17.6. The van der Waals surface area contributed by atoms with E-state index in [4.69, 9.17) is 16.3 Å². The van der Waals surface area contributed by atoms with Gasteiger partial charge in [0, 0.05) is 11.3 Å². The van der Waals surface area contributed by atoms with Gasteiger partial charge in [-0.3, -0.25) is 0 Å². The van der Waals surface area contributed by atoms with Crippen molar-refractivity contribution in [3.8, 4) is 0 Å². The zero-order valence-corrected chi connectivity index (χ0v) is 14.2. The topological polar surface area (TPSA) is 86.2 Å². The molecular weight excluding hydrogens is 344 g/mol. The smallest absolute Gasteiger partial charge is 0.331 e. The molecule has 0 unspecified atom stereocenters. The number of ether oxygens (including phenoxy) is 2. The van der Waals surface area contributed by atoms with Crippen LogP contribution in [0.1, 0.15) is 5.56 Å². The van der Waals surface area contributed by atoms with Gasteiger partial charge in [-0.2, -0.15) is 0 Å². The predicted octanol–water partition coefficient (Wildman–Crippen LogP) is 3.11. The lowest BCUT2D eigenvalue weighted by molar-refractivity contribution is -0.146. The second kappa shape index (κ2) is 7.87. The minimum atomic E-state index is -0.425. The van der Waals surface area contributed by atoms with E-state index in [1.807, 2.05) is 24.3 Å². The largest absolute Gasteiger partial charge is 0.467 e. The maximum Gasteiger partial charge on any atom is 0.331 e. The summed E-state index contributed by atoms with van der Waals surface area (Å²) in [4.78, 5) is 23.9. The molecule has 0 saturated carbocycles. The van der Waals surface area contributed by atoms with E-state index in [0.717, 1.165) is 11.3 Å². The average molecular weight is 359 g/mol. The van der Waals surface area contributed by atoms with Crippen LogP contribution in [0.4, 0.5) is 11.5 Å². The van der Waals surface area contributed by atoms with Gasteiger partial charge in [-0.05, 0) is 18.2 Å². The molecule has 0 radical (unpaired) electrons. The molecule has 0 atom stereocenters. The van der Waals surface area contributed by atoms with E-state index >= 15 is 0 Å². The number of nitrogens with one attached hydrogen (secondary N) is 1. The fourth-order valence-electron chi connectivity index (χ4n) is 2.21. The Kier molecular flexibility index (Phi) is 5.37. The quantitative estimate of drug-likeness (QED) is 0.535. The van der Waals surface area contributed by atoms with Crippen molar-refractivity contribution in [1.29, 1.82) is 0 Å². The summed E-state index contributed by atoms with van der Waals surface area (Å²) < 4.78 is 9.93. The van der Waals surface area contributed by atoms with Crippen molar-refractivity contribution in [2.24, 2.45) is 0 Å². The first-order valence-electron chi connectivity index (χ1n) is 7.44. The number of anilines is 2. The minimum Gasteiger partial charge on any atom is -0.467 e. The fourth-order valence-corrected chi connectivity index (χ4v) is 2.35. The van der Waals surface area contributed by atoms with Gasteiger partial charge in [-0.25, -0.2) is 19.7 Å². The van der Waals surface area contributed by atoms with Gasteiger partial charge in [-0.15, -0.1) is 0 Å². The monoisotopic (exact) mass is 358 g/mol. The fraction of sp³-hybridized carbons (Fsp3) is 0.176. The van der Waals surface area contributed by atoms with Crippen LogP contribution >= 0.6 is 11.6 Å². The van der Waals surface area contributed by atoms with Crippen LogP contribution in [-0.2, 0) is 20.9 Å².